The highest BCUT2D eigenvalue weighted by molar-refractivity contribution is 7.88. The van der Waals surface area contributed by atoms with Crippen LogP contribution < -0.4 is 15.4 Å². The molecule has 0 bridgehead atoms. The van der Waals surface area contributed by atoms with Crippen molar-refractivity contribution in [1.29, 1.82) is 0 Å². The number of rotatable bonds is 8. The monoisotopic (exact) mass is 414 g/mol. The van der Waals surface area contributed by atoms with E-state index in [2.05, 4.69) is 26.4 Å². The number of aryl methyl sites for hydroxylation is 1. The van der Waals surface area contributed by atoms with Gasteiger partial charge < -0.3 is 15.6 Å². The molecule has 0 atom stereocenters. The molecule has 0 saturated carbocycles. The summed E-state index contributed by atoms with van der Waals surface area (Å²) in [4.78, 5) is 15.5. The molecule has 0 aliphatic carbocycles. The number of amides is 2. The molecule has 4 N–H and O–H groups in total. The van der Waals surface area contributed by atoms with Gasteiger partial charge in [-0.1, -0.05) is 42.5 Å². The highest BCUT2D eigenvalue weighted by atomic mass is 32.2. The lowest BCUT2D eigenvalue weighted by atomic mass is 10.1. The SMILES string of the molecule is CNS(=O)(=O)Cc1cccc(CNC(=O)NCCc2c(C)[nH]c3ccccc23)c1. The van der Waals surface area contributed by atoms with Crippen LogP contribution in [0.4, 0.5) is 4.79 Å². The van der Waals surface area contributed by atoms with E-state index in [1.807, 2.05) is 31.2 Å². The van der Waals surface area contributed by atoms with Crippen LogP contribution in [0.5, 0.6) is 0 Å². The number of carbonyl (C=O) groups is 1. The molecule has 1 heterocycles. The fourth-order valence-electron chi connectivity index (χ4n) is 3.32. The van der Waals surface area contributed by atoms with Gasteiger partial charge in [0, 0.05) is 29.7 Å². The highest BCUT2D eigenvalue weighted by Crippen LogP contribution is 2.21. The van der Waals surface area contributed by atoms with Gasteiger partial charge in [-0.3, -0.25) is 0 Å². The molecule has 0 unspecified atom stereocenters. The maximum absolute atomic E-state index is 12.1. The summed E-state index contributed by atoms with van der Waals surface area (Å²) in [7, 11) is -1.93. The van der Waals surface area contributed by atoms with Crippen LogP contribution in [-0.2, 0) is 28.7 Å². The average Bonchev–Trinajstić information content (AvgIpc) is 3.02. The number of carbonyl (C=O) groups excluding carboxylic acids is 1. The van der Waals surface area contributed by atoms with E-state index in [0.29, 0.717) is 18.7 Å². The molecule has 1 aromatic heterocycles. The number of H-pyrrole nitrogens is 1. The Morgan fingerprint density at radius 2 is 1.79 bits per heavy atom. The molecule has 0 spiro atoms. The number of sulfonamides is 1. The van der Waals surface area contributed by atoms with E-state index >= 15 is 0 Å². The first-order chi connectivity index (χ1) is 13.9. The molecule has 0 radical (unpaired) electrons. The number of para-hydroxylation sites is 1. The van der Waals surface area contributed by atoms with Gasteiger partial charge in [0.05, 0.1) is 5.75 Å². The van der Waals surface area contributed by atoms with Crippen LogP contribution in [-0.4, -0.2) is 33.0 Å². The van der Waals surface area contributed by atoms with E-state index in [-0.39, 0.29) is 11.8 Å². The third kappa shape index (κ3) is 5.58. The topological polar surface area (TPSA) is 103 Å². The van der Waals surface area contributed by atoms with Gasteiger partial charge in [-0.15, -0.1) is 0 Å². The van der Waals surface area contributed by atoms with Crippen molar-refractivity contribution < 1.29 is 13.2 Å². The molecule has 8 heteroatoms. The van der Waals surface area contributed by atoms with E-state index in [0.717, 1.165) is 23.2 Å². The summed E-state index contributed by atoms with van der Waals surface area (Å²) in [5.74, 6) is -0.0898. The van der Waals surface area contributed by atoms with Crippen LogP contribution in [0.2, 0.25) is 0 Å². The van der Waals surface area contributed by atoms with Gasteiger partial charge in [0.1, 0.15) is 0 Å². The van der Waals surface area contributed by atoms with E-state index in [9.17, 15) is 13.2 Å². The van der Waals surface area contributed by atoms with E-state index in [1.165, 1.54) is 18.0 Å². The molecule has 29 heavy (non-hydrogen) atoms. The predicted molar refractivity (Wildman–Crippen MR) is 115 cm³/mol. The molecule has 0 aliphatic heterocycles. The number of aromatic amines is 1. The van der Waals surface area contributed by atoms with Crippen molar-refractivity contribution >= 4 is 27.0 Å². The van der Waals surface area contributed by atoms with Crippen LogP contribution in [0.25, 0.3) is 10.9 Å². The molecule has 0 saturated heterocycles. The molecular formula is C21H26N4O3S. The van der Waals surface area contributed by atoms with Gasteiger partial charge >= 0.3 is 6.03 Å². The zero-order chi connectivity index (χ0) is 20.9. The Labute approximate surface area is 171 Å². The number of urea groups is 1. The fourth-order valence-corrected chi connectivity index (χ4v) is 4.09. The largest absolute Gasteiger partial charge is 0.358 e. The summed E-state index contributed by atoms with van der Waals surface area (Å²) in [6.45, 7) is 2.89. The maximum Gasteiger partial charge on any atom is 0.315 e. The molecular weight excluding hydrogens is 388 g/mol. The number of hydrogen-bond donors (Lipinski definition) is 4. The molecule has 0 fully saturated rings. The summed E-state index contributed by atoms with van der Waals surface area (Å²) < 4.78 is 25.6. The summed E-state index contributed by atoms with van der Waals surface area (Å²) in [6, 6.07) is 15.0. The van der Waals surface area contributed by atoms with Crippen LogP contribution in [0.3, 0.4) is 0 Å². The first kappa shape index (κ1) is 20.9. The van der Waals surface area contributed by atoms with Gasteiger partial charge in [0.25, 0.3) is 0 Å². The number of fused-ring (bicyclic) bond motifs is 1. The number of aromatic nitrogens is 1. The molecule has 2 aromatic carbocycles. The zero-order valence-corrected chi connectivity index (χ0v) is 17.4. The second-order valence-corrected chi connectivity index (χ2v) is 8.84. The molecule has 2 amide bonds. The minimum Gasteiger partial charge on any atom is -0.358 e. The fraction of sp³-hybridized carbons (Fsp3) is 0.286. The van der Waals surface area contributed by atoms with Crippen molar-refractivity contribution in [2.45, 2.75) is 25.6 Å². The van der Waals surface area contributed by atoms with Gasteiger partial charge in [-0.05, 0) is 43.1 Å². The normalized spacial score (nSPS) is 11.5. The lowest BCUT2D eigenvalue weighted by Gasteiger charge is -2.09. The van der Waals surface area contributed by atoms with Gasteiger partial charge in [-0.25, -0.2) is 17.9 Å². The third-order valence-electron chi connectivity index (χ3n) is 4.80. The minimum absolute atomic E-state index is 0.0898. The maximum atomic E-state index is 12.1. The second kappa shape index (κ2) is 9.11. The van der Waals surface area contributed by atoms with Crippen molar-refractivity contribution in [3.63, 3.8) is 0 Å². The standard InChI is InChI=1S/C21H26N4O3S/c1-15-18(19-8-3-4-9-20(19)25-15)10-11-23-21(26)24-13-16-6-5-7-17(12-16)14-29(27,28)22-2/h3-9,12,22,25H,10-11,13-14H2,1-2H3,(H2,23,24,26). The summed E-state index contributed by atoms with van der Waals surface area (Å²) >= 11 is 0. The first-order valence-electron chi connectivity index (χ1n) is 9.45. The highest BCUT2D eigenvalue weighted by Gasteiger charge is 2.10. The average molecular weight is 415 g/mol. The molecule has 0 aliphatic rings. The van der Waals surface area contributed by atoms with Crippen LogP contribution in [0.15, 0.2) is 48.5 Å². The Kier molecular flexibility index (Phi) is 6.56. The molecule has 3 aromatic rings. The van der Waals surface area contributed by atoms with Crippen molar-refractivity contribution in [1.82, 2.24) is 20.3 Å². The van der Waals surface area contributed by atoms with E-state index < -0.39 is 10.0 Å². The smallest absolute Gasteiger partial charge is 0.315 e. The van der Waals surface area contributed by atoms with Gasteiger partial charge in [-0.2, -0.15) is 0 Å². The van der Waals surface area contributed by atoms with E-state index in [1.54, 1.807) is 18.2 Å². The quantitative estimate of drug-likeness (QED) is 0.455. The minimum atomic E-state index is -3.33. The lowest BCUT2D eigenvalue weighted by molar-refractivity contribution is 0.240. The van der Waals surface area contributed by atoms with Crippen LogP contribution in [0.1, 0.15) is 22.4 Å². The summed E-state index contributed by atoms with van der Waals surface area (Å²) in [5.41, 5.74) is 4.94. The first-order valence-corrected chi connectivity index (χ1v) is 11.1. The van der Waals surface area contributed by atoms with Gasteiger partial charge in [0.15, 0.2) is 0 Å². The number of hydrogen-bond acceptors (Lipinski definition) is 3. The Morgan fingerprint density at radius 3 is 2.59 bits per heavy atom. The van der Waals surface area contributed by atoms with Crippen molar-refractivity contribution in [3.8, 4) is 0 Å². The Bertz CT molecular complexity index is 1110. The summed E-state index contributed by atoms with van der Waals surface area (Å²) in [5, 5.41) is 6.87. The third-order valence-corrected chi connectivity index (χ3v) is 6.14. The van der Waals surface area contributed by atoms with E-state index in [4.69, 9.17) is 0 Å². The predicted octanol–water partition coefficient (Wildman–Crippen LogP) is 2.57. The van der Waals surface area contributed by atoms with Crippen molar-refractivity contribution in [2.24, 2.45) is 0 Å². The Morgan fingerprint density at radius 1 is 1.03 bits per heavy atom. The Balaban J connectivity index is 1.50. The zero-order valence-electron chi connectivity index (χ0n) is 16.6. The van der Waals surface area contributed by atoms with Crippen LogP contribution in [0, 0.1) is 6.92 Å². The molecule has 3 rings (SSSR count). The van der Waals surface area contributed by atoms with Gasteiger partial charge in [0.2, 0.25) is 10.0 Å². The number of benzene rings is 2. The van der Waals surface area contributed by atoms with Crippen LogP contribution >= 0.6 is 0 Å². The lowest BCUT2D eigenvalue weighted by Crippen LogP contribution is -2.36. The second-order valence-electron chi connectivity index (χ2n) is 6.92. The number of nitrogens with one attached hydrogen (secondary N) is 4. The molecule has 154 valence electrons. The Hall–Kier alpha value is -2.84. The van der Waals surface area contributed by atoms with Crippen molar-refractivity contribution in [2.75, 3.05) is 13.6 Å². The van der Waals surface area contributed by atoms with Crippen molar-refractivity contribution in [3.05, 3.63) is 70.9 Å². The summed E-state index contributed by atoms with van der Waals surface area (Å²) in [6.07, 6.45) is 0.737. The molecule has 7 nitrogen and oxygen atoms in total.